The molecule has 0 amide bonds. The van der Waals surface area contributed by atoms with Gasteiger partial charge >= 0.3 is 0 Å². The monoisotopic (exact) mass is 239 g/mol. The molecule has 2 N–H and O–H groups in total. The van der Waals surface area contributed by atoms with Crippen LogP contribution in [0.15, 0.2) is 0 Å². The van der Waals surface area contributed by atoms with E-state index >= 15 is 0 Å². The van der Waals surface area contributed by atoms with Crippen LogP contribution in [0.25, 0.3) is 0 Å². The molecule has 0 aromatic carbocycles. The summed E-state index contributed by atoms with van der Waals surface area (Å²) in [5, 5.41) is 17.5. The topological polar surface area (TPSA) is 77.8 Å². The summed E-state index contributed by atoms with van der Waals surface area (Å²) in [6.45, 7) is 5.12. The van der Waals surface area contributed by atoms with Gasteiger partial charge in [-0.25, -0.2) is 8.42 Å². The minimum absolute atomic E-state index is 0.0139. The zero-order valence-electron chi connectivity index (χ0n) is 9.60. The number of aliphatic hydroxyl groups is 2. The van der Waals surface area contributed by atoms with Gasteiger partial charge in [-0.2, -0.15) is 4.31 Å². The zero-order valence-corrected chi connectivity index (χ0v) is 10.4. The highest BCUT2D eigenvalue weighted by molar-refractivity contribution is 7.89. The summed E-state index contributed by atoms with van der Waals surface area (Å²) < 4.78 is 24.8. The van der Waals surface area contributed by atoms with Gasteiger partial charge in [0.1, 0.15) is 0 Å². The summed E-state index contributed by atoms with van der Waals surface area (Å²) in [7, 11) is -3.39. The van der Waals surface area contributed by atoms with Crippen LogP contribution in [0.3, 0.4) is 0 Å². The molecule has 0 fully saturated rings. The van der Waals surface area contributed by atoms with Gasteiger partial charge in [0.05, 0.1) is 19.0 Å². The molecule has 92 valence electrons. The van der Waals surface area contributed by atoms with Crippen molar-refractivity contribution in [1.29, 1.82) is 0 Å². The van der Waals surface area contributed by atoms with Crippen molar-refractivity contribution in [3.63, 3.8) is 0 Å². The van der Waals surface area contributed by atoms with Crippen molar-refractivity contribution >= 4 is 10.0 Å². The lowest BCUT2D eigenvalue weighted by Gasteiger charge is -2.25. The summed E-state index contributed by atoms with van der Waals surface area (Å²) in [5.74, 6) is 0.0139. The molecule has 0 aromatic rings. The molecular weight excluding hydrogens is 218 g/mol. The Morgan fingerprint density at radius 2 is 1.47 bits per heavy atom. The lowest BCUT2D eigenvalue weighted by molar-refractivity contribution is 0.216. The lowest BCUT2D eigenvalue weighted by Crippen LogP contribution is -2.40. The maximum Gasteiger partial charge on any atom is 0.214 e. The molecule has 0 atom stereocenters. The van der Waals surface area contributed by atoms with Gasteiger partial charge in [0, 0.05) is 13.1 Å². The summed E-state index contributed by atoms with van der Waals surface area (Å²) >= 11 is 0. The number of sulfonamides is 1. The molecule has 15 heavy (non-hydrogen) atoms. The maximum absolute atomic E-state index is 11.8. The van der Waals surface area contributed by atoms with E-state index in [0.717, 1.165) is 4.31 Å². The fourth-order valence-electron chi connectivity index (χ4n) is 1.25. The van der Waals surface area contributed by atoms with Crippen molar-refractivity contribution < 1.29 is 18.6 Å². The highest BCUT2D eigenvalue weighted by atomic mass is 32.2. The van der Waals surface area contributed by atoms with E-state index in [-0.39, 0.29) is 37.5 Å². The molecule has 0 aromatic heterocycles. The van der Waals surface area contributed by atoms with Gasteiger partial charge in [0.2, 0.25) is 10.0 Å². The molecule has 0 unspecified atom stereocenters. The summed E-state index contributed by atoms with van der Waals surface area (Å²) in [5.41, 5.74) is -0.331. The average Bonchev–Trinajstić information content (AvgIpc) is 1.99. The Labute approximate surface area is 91.8 Å². The van der Waals surface area contributed by atoms with Crippen LogP contribution in [0.4, 0.5) is 0 Å². The Morgan fingerprint density at radius 3 is 1.73 bits per heavy atom. The van der Waals surface area contributed by atoms with E-state index in [2.05, 4.69) is 0 Å². The number of nitrogens with zero attached hydrogens (tertiary/aromatic N) is 1. The summed E-state index contributed by atoms with van der Waals surface area (Å²) in [6.07, 6.45) is 0. The van der Waals surface area contributed by atoms with Crippen molar-refractivity contribution in [2.45, 2.75) is 20.8 Å². The van der Waals surface area contributed by atoms with Crippen LogP contribution < -0.4 is 0 Å². The molecule has 0 radical (unpaired) electrons. The second kappa shape index (κ2) is 5.79. The van der Waals surface area contributed by atoms with Crippen LogP contribution in [0.1, 0.15) is 20.8 Å². The van der Waals surface area contributed by atoms with Crippen LogP contribution in [0.5, 0.6) is 0 Å². The Bertz CT molecular complexity index is 262. The Morgan fingerprint density at radius 1 is 1.07 bits per heavy atom. The van der Waals surface area contributed by atoms with Crippen LogP contribution in [-0.4, -0.2) is 55.0 Å². The van der Waals surface area contributed by atoms with Gasteiger partial charge < -0.3 is 10.2 Å². The third-order valence-electron chi connectivity index (χ3n) is 1.71. The highest BCUT2D eigenvalue weighted by Gasteiger charge is 2.27. The largest absolute Gasteiger partial charge is 0.395 e. The first-order valence-electron chi connectivity index (χ1n) is 4.92. The van der Waals surface area contributed by atoms with Gasteiger partial charge in [-0.15, -0.1) is 0 Å². The number of aliphatic hydroxyl groups excluding tert-OH is 2. The molecule has 0 saturated carbocycles. The SMILES string of the molecule is CC(C)(C)CS(=O)(=O)N(CCO)CCO. The van der Waals surface area contributed by atoms with Gasteiger partial charge in [-0.1, -0.05) is 20.8 Å². The highest BCUT2D eigenvalue weighted by Crippen LogP contribution is 2.18. The number of hydrogen-bond donors (Lipinski definition) is 2. The predicted octanol–water partition coefficient (Wildman–Crippen LogP) is -0.351. The molecule has 0 aliphatic carbocycles. The van der Waals surface area contributed by atoms with Crippen molar-refractivity contribution in [1.82, 2.24) is 4.31 Å². The number of rotatable bonds is 6. The van der Waals surface area contributed by atoms with Crippen molar-refractivity contribution in [2.24, 2.45) is 5.41 Å². The smallest absolute Gasteiger partial charge is 0.214 e. The first kappa shape index (κ1) is 14.8. The van der Waals surface area contributed by atoms with E-state index in [9.17, 15) is 8.42 Å². The summed E-state index contributed by atoms with van der Waals surface area (Å²) in [6, 6.07) is 0. The van der Waals surface area contributed by atoms with Crippen molar-refractivity contribution in [2.75, 3.05) is 32.1 Å². The Kier molecular flexibility index (Phi) is 5.72. The van der Waals surface area contributed by atoms with Crippen LogP contribution in [0, 0.1) is 5.41 Å². The molecule has 6 heteroatoms. The normalized spacial score (nSPS) is 13.5. The van der Waals surface area contributed by atoms with E-state index in [0.29, 0.717) is 0 Å². The predicted molar refractivity (Wildman–Crippen MR) is 59.0 cm³/mol. The Hall–Kier alpha value is -0.170. The fraction of sp³-hybridized carbons (Fsp3) is 1.00. The van der Waals surface area contributed by atoms with E-state index in [1.165, 1.54) is 0 Å². The fourth-order valence-corrected chi connectivity index (χ4v) is 3.25. The van der Waals surface area contributed by atoms with E-state index in [1.807, 2.05) is 20.8 Å². The maximum atomic E-state index is 11.8. The second-order valence-corrected chi connectivity index (χ2v) is 6.63. The molecule has 0 heterocycles. The van der Waals surface area contributed by atoms with Crippen molar-refractivity contribution in [3.8, 4) is 0 Å². The molecule has 0 spiro atoms. The molecule has 0 bridgehead atoms. The first-order valence-corrected chi connectivity index (χ1v) is 6.53. The number of hydrogen-bond acceptors (Lipinski definition) is 4. The van der Waals surface area contributed by atoms with Crippen molar-refractivity contribution in [3.05, 3.63) is 0 Å². The molecule has 0 aliphatic heterocycles. The third kappa shape index (κ3) is 6.09. The van der Waals surface area contributed by atoms with Crippen LogP contribution in [0.2, 0.25) is 0 Å². The molecule has 0 saturated heterocycles. The third-order valence-corrected chi connectivity index (χ3v) is 4.09. The molecule has 5 nitrogen and oxygen atoms in total. The second-order valence-electron chi connectivity index (χ2n) is 4.66. The van der Waals surface area contributed by atoms with Gasteiger partial charge in [-0.3, -0.25) is 0 Å². The first-order chi connectivity index (χ1) is 6.73. The molecule has 0 rings (SSSR count). The average molecular weight is 239 g/mol. The molecule has 0 aliphatic rings. The van der Waals surface area contributed by atoms with E-state index in [4.69, 9.17) is 10.2 Å². The van der Waals surface area contributed by atoms with E-state index < -0.39 is 10.0 Å². The van der Waals surface area contributed by atoms with Gasteiger partial charge in [0.15, 0.2) is 0 Å². The van der Waals surface area contributed by atoms with E-state index in [1.54, 1.807) is 0 Å². The standard InChI is InChI=1S/C9H21NO4S/c1-9(2,3)8-15(13,14)10(4-6-11)5-7-12/h11-12H,4-8H2,1-3H3. The quantitative estimate of drug-likeness (QED) is 0.664. The lowest BCUT2D eigenvalue weighted by atomic mass is 10.0. The zero-order chi connectivity index (χ0) is 12.1. The van der Waals surface area contributed by atoms with Gasteiger partial charge in [0.25, 0.3) is 0 Å². The minimum atomic E-state index is -3.39. The van der Waals surface area contributed by atoms with Crippen LogP contribution in [-0.2, 0) is 10.0 Å². The Balaban J connectivity index is 4.64. The minimum Gasteiger partial charge on any atom is -0.395 e. The summed E-state index contributed by atoms with van der Waals surface area (Å²) in [4.78, 5) is 0. The van der Waals surface area contributed by atoms with Crippen LogP contribution >= 0.6 is 0 Å². The van der Waals surface area contributed by atoms with Gasteiger partial charge in [-0.05, 0) is 5.41 Å². The molecular formula is C9H21NO4S.